The fraction of sp³-hybridized carbons (Fsp3) is 0.667. The Morgan fingerprint density at radius 3 is 2.52 bits per heavy atom. The topological polar surface area (TPSA) is 15.3 Å². The molecule has 0 bridgehead atoms. The van der Waals surface area contributed by atoms with Gasteiger partial charge >= 0.3 is 0 Å². The first-order valence-corrected chi connectivity index (χ1v) is 9.19. The first-order chi connectivity index (χ1) is 10.2. The van der Waals surface area contributed by atoms with Crippen LogP contribution in [0.25, 0.3) is 0 Å². The molecular weight excluding hydrogens is 324 g/mol. The lowest BCUT2D eigenvalue weighted by atomic mass is 9.87. The maximum Gasteiger partial charge on any atom is 0.0212 e. The van der Waals surface area contributed by atoms with Crippen molar-refractivity contribution >= 4 is 15.9 Å². The van der Waals surface area contributed by atoms with Gasteiger partial charge in [0.05, 0.1) is 0 Å². The minimum Gasteiger partial charge on any atom is -0.317 e. The molecule has 1 N–H and O–H groups in total. The van der Waals surface area contributed by atoms with Crippen molar-refractivity contribution in [1.82, 2.24) is 10.2 Å². The van der Waals surface area contributed by atoms with Crippen LogP contribution in [0.5, 0.6) is 0 Å². The van der Waals surface area contributed by atoms with Crippen molar-refractivity contribution in [3.63, 3.8) is 0 Å². The summed E-state index contributed by atoms with van der Waals surface area (Å²) in [5.41, 5.74) is 3.03. The molecule has 0 atom stereocenters. The molecule has 0 spiro atoms. The number of nitrogens with zero attached hydrogens (tertiary/aromatic N) is 1. The van der Waals surface area contributed by atoms with E-state index in [9.17, 15) is 0 Å². The van der Waals surface area contributed by atoms with E-state index in [1.54, 1.807) is 0 Å². The van der Waals surface area contributed by atoms with E-state index >= 15 is 0 Å². The van der Waals surface area contributed by atoms with Gasteiger partial charge in [-0.15, -0.1) is 0 Å². The predicted octanol–water partition coefficient (Wildman–Crippen LogP) is 3.80. The zero-order valence-corrected chi connectivity index (χ0v) is 14.7. The molecule has 2 aliphatic heterocycles. The Morgan fingerprint density at radius 1 is 1.14 bits per heavy atom. The molecule has 2 fully saturated rings. The largest absolute Gasteiger partial charge is 0.317 e. The summed E-state index contributed by atoms with van der Waals surface area (Å²) in [6, 6.07) is 7.15. The number of halogens is 1. The molecule has 2 nitrogen and oxygen atoms in total. The summed E-state index contributed by atoms with van der Waals surface area (Å²) in [4.78, 5) is 2.44. The minimum absolute atomic E-state index is 0.739. The predicted molar refractivity (Wildman–Crippen MR) is 92.9 cm³/mol. The Kier molecular flexibility index (Phi) is 5.36. The van der Waals surface area contributed by atoms with Crippen molar-refractivity contribution in [2.45, 2.75) is 38.0 Å². The molecule has 0 amide bonds. The van der Waals surface area contributed by atoms with Gasteiger partial charge in [-0.2, -0.15) is 0 Å². The summed E-state index contributed by atoms with van der Waals surface area (Å²) in [6.07, 6.45) is 6.49. The average molecular weight is 351 g/mol. The molecule has 1 aromatic carbocycles. The van der Waals surface area contributed by atoms with Crippen molar-refractivity contribution in [3.8, 4) is 0 Å². The van der Waals surface area contributed by atoms with Crippen LogP contribution in [0, 0.1) is 5.92 Å². The number of nitrogens with one attached hydrogen (secondary N) is 1. The van der Waals surface area contributed by atoms with Gasteiger partial charge in [0.2, 0.25) is 0 Å². The summed E-state index contributed by atoms with van der Waals surface area (Å²) in [6.45, 7) is 4.85. The first kappa shape index (κ1) is 15.5. The lowest BCUT2D eigenvalue weighted by molar-refractivity contribution is 0.255. The van der Waals surface area contributed by atoms with Gasteiger partial charge in [-0.05, 0) is 94.4 Å². The van der Waals surface area contributed by atoms with Crippen LogP contribution in [0.1, 0.15) is 42.7 Å². The van der Waals surface area contributed by atoms with Crippen molar-refractivity contribution in [1.29, 1.82) is 0 Å². The Hall–Kier alpha value is -0.380. The van der Waals surface area contributed by atoms with E-state index < -0.39 is 0 Å². The lowest BCUT2D eigenvalue weighted by Crippen LogP contribution is -2.29. The molecule has 21 heavy (non-hydrogen) atoms. The Balaban J connectivity index is 1.64. The Labute approximate surface area is 137 Å². The molecule has 3 heteroatoms. The number of rotatable bonds is 3. The zero-order valence-electron chi connectivity index (χ0n) is 13.1. The second-order valence-corrected chi connectivity index (χ2v) is 7.69. The molecule has 0 saturated carbocycles. The van der Waals surface area contributed by atoms with Gasteiger partial charge in [0.1, 0.15) is 0 Å². The molecule has 2 aliphatic rings. The second kappa shape index (κ2) is 7.26. The van der Waals surface area contributed by atoms with Gasteiger partial charge in [0.15, 0.2) is 0 Å². The van der Waals surface area contributed by atoms with Crippen molar-refractivity contribution in [2.75, 3.05) is 33.2 Å². The van der Waals surface area contributed by atoms with E-state index in [0.717, 1.165) is 11.8 Å². The molecular formula is C18H27BrN2. The maximum absolute atomic E-state index is 3.84. The van der Waals surface area contributed by atoms with Crippen LogP contribution in [0.2, 0.25) is 0 Å². The monoisotopic (exact) mass is 350 g/mol. The lowest BCUT2D eigenvalue weighted by Gasteiger charge is -2.30. The van der Waals surface area contributed by atoms with Crippen molar-refractivity contribution in [3.05, 3.63) is 33.8 Å². The highest BCUT2D eigenvalue weighted by Crippen LogP contribution is 2.34. The molecule has 2 saturated heterocycles. The summed E-state index contributed by atoms with van der Waals surface area (Å²) < 4.78 is 1.34. The highest BCUT2D eigenvalue weighted by atomic mass is 79.9. The number of benzene rings is 1. The molecule has 116 valence electrons. The summed E-state index contributed by atoms with van der Waals surface area (Å²) in [5.74, 6) is 1.61. The number of piperidine rings is 2. The molecule has 0 aromatic heterocycles. The van der Waals surface area contributed by atoms with Gasteiger partial charge in [-0.1, -0.05) is 28.1 Å². The number of hydrogen-bond acceptors (Lipinski definition) is 2. The first-order valence-electron chi connectivity index (χ1n) is 8.40. The zero-order chi connectivity index (χ0) is 14.7. The van der Waals surface area contributed by atoms with Gasteiger partial charge in [-0.3, -0.25) is 0 Å². The van der Waals surface area contributed by atoms with E-state index in [-0.39, 0.29) is 0 Å². The summed E-state index contributed by atoms with van der Waals surface area (Å²) >= 11 is 3.84. The molecule has 1 aromatic rings. The standard InChI is InChI=1S/C18H27BrN2/c1-21-10-6-16(7-11-21)17-3-2-15(13-18(17)19)12-14-4-8-20-9-5-14/h2-3,13-14,16,20H,4-12H2,1H3. The smallest absolute Gasteiger partial charge is 0.0212 e. The third-order valence-corrected chi connectivity index (χ3v) is 5.89. The van der Waals surface area contributed by atoms with Crippen LogP contribution in [0.4, 0.5) is 0 Å². The van der Waals surface area contributed by atoms with Crippen LogP contribution in [0.15, 0.2) is 22.7 Å². The Bertz CT molecular complexity index is 460. The second-order valence-electron chi connectivity index (χ2n) is 6.83. The maximum atomic E-state index is 3.84. The number of hydrogen-bond donors (Lipinski definition) is 1. The molecule has 2 heterocycles. The van der Waals surface area contributed by atoms with E-state index in [2.05, 4.69) is 51.4 Å². The SMILES string of the molecule is CN1CCC(c2ccc(CC3CCNCC3)cc2Br)CC1. The van der Waals surface area contributed by atoms with Crippen LogP contribution in [-0.2, 0) is 6.42 Å². The van der Waals surface area contributed by atoms with Gasteiger partial charge in [0, 0.05) is 4.47 Å². The van der Waals surface area contributed by atoms with Crippen molar-refractivity contribution in [2.24, 2.45) is 5.92 Å². The van der Waals surface area contributed by atoms with Crippen LogP contribution in [0.3, 0.4) is 0 Å². The normalized spacial score (nSPS) is 22.6. The third-order valence-electron chi connectivity index (χ3n) is 5.21. The van der Waals surface area contributed by atoms with E-state index in [0.29, 0.717) is 0 Å². The molecule has 0 aliphatic carbocycles. The van der Waals surface area contributed by atoms with E-state index in [1.165, 1.54) is 73.9 Å². The van der Waals surface area contributed by atoms with Gasteiger partial charge in [-0.25, -0.2) is 0 Å². The quantitative estimate of drug-likeness (QED) is 0.891. The van der Waals surface area contributed by atoms with Crippen molar-refractivity contribution < 1.29 is 0 Å². The minimum atomic E-state index is 0.739. The van der Waals surface area contributed by atoms with Gasteiger partial charge in [0.25, 0.3) is 0 Å². The van der Waals surface area contributed by atoms with Crippen LogP contribution >= 0.6 is 15.9 Å². The molecule has 0 radical (unpaired) electrons. The summed E-state index contributed by atoms with van der Waals surface area (Å²) in [7, 11) is 2.23. The summed E-state index contributed by atoms with van der Waals surface area (Å²) in [5, 5.41) is 3.45. The van der Waals surface area contributed by atoms with Crippen LogP contribution < -0.4 is 5.32 Å². The van der Waals surface area contributed by atoms with Crippen LogP contribution in [-0.4, -0.2) is 38.1 Å². The fourth-order valence-corrected chi connectivity index (χ4v) is 4.52. The fourth-order valence-electron chi connectivity index (χ4n) is 3.77. The molecule has 3 rings (SSSR count). The van der Waals surface area contributed by atoms with E-state index in [4.69, 9.17) is 0 Å². The van der Waals surface area contributed by atoms with Gasteiger partial charge < -0.3 is 10.2 Å². The highest BCUT2D eigenvalue weighted by molar-refractivity contribution is 9.10. The molecule has 0 unspecified atom stereocenters. The highest BCUT2D eigenvalue weighted by Gasteiger charge is 2.21. The average Bonchev–Trinajstić information content (AvgIpc) is 2.50. The van der Waals surface area contributed by atoms with E-state index in [1.807, 2.05) is 0 Å². The third kappa shape index (κ3) is 4.08. The Morgan fingerprint density at radius 2 is 1.86 bits per heavy atom. The number of likely N-dealkylation sites (tertiary alicyclic amines) is 1.